The summed E-state index contributed by atoms with van der Waals surface area (Å²) in [6.07, 6.45) is 1.75. The van der Waals surface area contributed by atoms with Gasteiger partial charge < -0.3 is 10.2 Å². The van der Waals surface area contributed by atoms with E-state index in [0.717, 1.165) is 12.8 Å². The number of hydrogen-bond donors (Lipinski definition) is 1. The Morgan fingerprint density at radius 1 is 1.56 bits per heavy atom. The highest BCUT2D eigenvalue weighted by Crippen LogP contribution is 2.18. The highest BCUT2D eigenvalue weighted by atomic mass is 35.5. The lowest BCUT2D eigenvalue weighted by molar-refractivity contribution is 0.189. The summed E-state index contributed by atoms with van der Waals surface area (Å²) in [5.41, 5.74) is 0.673. The minimum atomic E-state index is -0.169. The van der Waals surface area contributed by atoms with E-state index in [2.05, 4.69) is 11.4 Å². The zero-order chi connectivity index (χ0) is 13.0. The van der Waals surface area contributed by atoms with E-state index in [0.29, 0.717) is 23.8 Å². The molecule has 1 N–H and O–H groups in total. The molecule has 5 heteroatoms. The van der Waals surface area contributed by atoms with Crippen molar-refractivity contribution in [3.8, 4) is 6.07 Å². The summed E-state index contributed by atoms with van der Waals surface area (Å²) in [5.74, 6) is -0.0520. The number of nitriles is 1. The Bertz CT molecular complexity index is 483. The van der Waals surface area contributed by atoms with Gasteiger partial charge in [0.1, 0.15) is 0 Å². The molecule has 0 saturated carbocycles. The van der Waals surface area contributed by atoms with E-state index in [-0.39, 0.29) is 11.9 Å². The normalized spacial score (nSPS) is 19.1. The minimum absolute atomic E-state index is 0.0520. The van der Waals surface area contributed by atoms with Gasteiger partial charge in [-0.15, -0.1) is 0 Å². The van der Waals surface area contributed by atoms with E-state index >= 15 is 0 Å². The Morgan fingerprint density at radius 2 is 2.39 bits per heavy atom. The van der Waals surface area contributed by atoms with Crippen LogP contribution >= 0.6 is 11.6 Å². The number of hydrogen-bond acceptors (Lipinski definition) is 2. The highest BCUT2D eigenvalue weighted by Gasteiger charge is 2.23. The predicted octanol–water partition coefficient (Wildman–Crippen LogP) is 3.11. The second-order valence-corrected chi connectivity index (χ2v) is 4.79. The first-order valence-corrected chi connectivity index (χ1v) is 6.28. The van der Waals surface area contributed by atoms with Crippen molar-refractivity contribution in [3.63, 3.8) is 0 Å². The summed E-state index contributed by atoms with van der Waals surface area (Å²) in [6.45, 7) is 1.20. The number of likely N-dealkylation sites (tertiary alicyclic amines) is 1. The minimum Gasteiger partial charge on any atom is -0.323 e. The van der Waals surface area contributed by atoms with Gasteiger partial charge in [-0.25, -0.2) is 4.79 Å². The molecule has 2 rings (SSSR count). The molecular weight excluding hydrogens is 250 g/mol. The van der Waals surface area contributed by atoms with Crippen LogP contribution in [0.5, 0.6) is 0 Å². The van der Waals surface area contributed by atoms with Crippen LogP contribution in [0.3, 0.4) is 0 Å². The van der Waals surface area contributed by atoms with Crippen molar-refractivity contribution >= 4 is 23.3 Å². The zero-order valence-electron chi connectivity index (χ0n) is 9.90. The van der Waals surface area contributed by atoms with E-state index in [1.54, 1.807) is 29.2 Å². The summed E-state index contributed by atoms with van der Waals surface area (Å²) in [5, 5.41) is 12.3. The maximum atomic E-state index is 12.0. The quantitative estimate of drug-likeness (QED) is 0.846. The summed E-state index contributed by atoms with van der Waals surface area (Å²) >= 11 is 5.85. The molecule has 94 valence electrons. The molecule has 0 bridgehead atoms. The molecule has 1 aromatic carbocycles. The summed E-state index contributed by atoms with van der Waals surface area (Å²) in [4.78, 5) is 13.7. The third kappa shape index (κ3) is 3.14. The molecule has 2 amide bonds. The summed E-state index contributed by atoms with van der Waals surface area (Å²) in [7, 11) is 0. The number of piperidine rings is 1. The van der Waals surface area contributed by atoms with Crippen molar-refractivity contribution < 1.29 is 4.79 Å². The molecule has 0 spiro atoms. The monoisotopic (exact) mass is 263 g/mol. The molecule has 1 aliphatic heterocycles. The molecule has 0 aliphatic carbocycles. The second-order valence-electron chi connectivity index (χ2n) is 4.35. The number of urea groups is 1. The number of rotatable bonds is 1. The maximum Gasteiger partial charge on any atom is 0.321 e. The Morgan fingerprint density at radius 3 is 3.11 bits per heavy atom. The van der Waals surface area contributed by atoms with Crippen LogP contribution in [0, 0.1) is 17.2 Å². The topological polar surface area (TPSA) is 56.1 Å². The molecule has 1 aromatic rings. The fraction of sp³-hybridized carbons (Fsp3) is 0.385. The maximum absolute atomic E-state index is 12.0. The van der Waals surface area contributed by atoms with Gasteiger partial charge in [-0.2, -0.15) is 5.26 Å². The Hall–Kier alpha value is -1.73. The fourth-order valence-corrected chi connectivity index (χ4v) is 2.23. The Kier molecular flexibility index (Phi) is 4.06. The van der Waals surface area contributed by atoms with Crippen molar-refractivity contribution in [2.75, 3.05) is 18.4 Å². The van der Waals surface area contributed by atoms with Crippen molar-refractivity contribution in [1.82, 2.24) is 4.90 Å². The number of amides is 2. The molecule has 0 radical (unpaired) electrons. The van der Waals surface area contributed by atoms with Crippen LogP contribution in [0.2, 0.25) is 5.02 Å². The van der Waals surface area contributed by atoms with E-state index < -0.39 is 0 Å². The van der Waals surface area contributed by atoms with Gasteiger partial charge in [-0.05, 0) is 31.0 Å². The van der Waals surface area contributed by atoms with E-state index in [1.807, 2.05) is 0 Å². The second kappa shape index (κ2) is 5.74. The Labute approximate surface area is 111 Å². The number of anilines is 1. The van der Waals surface area contributed by atoms with Gasteiger partial charge in [0, 0.05) is 23.8 Å². The molecule has 1 heterocycles. The molecular formula is C13H14ClN3O. The van der Waals surface area contributed by atoms with Crippen molar-refractivity contribution in [3.05, 3.63) is 29.3 Å². The summed E-state index contributed by atoms with van der Waals surface area (Å²) in [6, 6.07) is 9.07. The van der Waals surface area contributed by atoms with Crippen LogP contribution in [0.15, 0.2) is 24.3 Å². The molecule has 18 heavy (non-hydrogen) atoms. The van der Waals surface area contributed by atoms with Crippen LogP contribution in [0.1, 0.15) is 12.8 Å². The number of carbonyl (C=O) groups is 1. The SMILES string of the molecule is N#CC1CCCN(C(=O)Nc2cccc(Cl)c2)C1. The molecule has 1 atom stereocenters. The van der Waals surface area contributed by atoms with E-state index in [4.69, 9.17) is 16.9 Å². The first kappa shape index (κ1) is 12.7. The first-order chi connectivity index (χ1) is 8.69. The van der Waals surface area contributed by atoms with Crippen LogP contribution in [-0.2, 0) is 0 Å². The Balaban J connectivity index is 1.98. The first-order valence-electron chi connectivity index (χ1n) is 5.90. The van der Waals surface area contributed by atoms with Crippen molar-refractivity contribution in [1.29, 1.82) is 5.26 Å². The number of benzene rings is 1. The van der Waals surface area contributed by atoms with Crippen LogP contribution < -0.4 is 5.32 Å². The smallest absolute Gasteiger partial charge is 0.321 e. The average molecular weight is 264 g/mol. The number of halogens is 1. The van der Waals surface area contributed by atoms with Crippen molar-refractivity contribution in [2.24, 2.45) is 5.92 Å². The van der Waals surface area contributed by atoms with Crippen molar-refractivity contribution in [2.45, 2.75) is 12.8 Å². The van der Waals surface area contributed by atoms with Gasteiger partial charge in [0.05, 0.1) is 12.0 Å². The van der Waals surface area contributed by atoms with Gasteiger partial charge in [0.15, 0.2) is 0 Å². The lowest BCUT2D eigenvalue weighted by atomic mass is 10.0. The van der Waals surface area contributed by atoms with Gasteiger partial charge in [-0.3, -0.25) is 0 Å². The predicted molar refractivity (Wildman–Crippen MR) is 70.4 cm³/mol. The molecule has 4 nitrogen and oxygen atoms in total. The molecule has 1 aliphatic rings. The highest BCUT2D eigenvalue weighted by molar-refractivity contribution is 6.30. The van der Waals surface area contributed by atoms with E-state index in [1.165, 1.54) is 0 Å². The average Bonchev–Trinajstić information content (AvgIpc) is 2.39. The van der Waals surface area contributed by atoms with Gasteiger partial charge >= 0.3 is 6.03 Å². The third-order valence-electron chi connectivity index (χ3n) is 2.97. The molecule has 1 saturated heterocycles. The lowest BCUT2D eigenvalue weighted by Crippen LogP contribution is -2.42. The molecule has 1 unspecified atom stereocenters. The van der Waals surface area contributed by atoms with Crippen LogP contribution in [0.25, 0.3) is 0 Å². The lowest BCUT2D eigenvalue weighted by Gasteiger charge is -2.29. The number of nitrogens with zero attached hydrogens (tertiary/aromatic N) is 2. The zero-order valence-corrected chi connectivity index (χ0v) is 10.7. The molecule has 0 aromatic heterocycles. The van der Waals surface area contributed by atoms with Crippen LogP contribution in [0.4, 0.5) is 10.5 Å². The number of nitrogens with one attached hydrogen (secondary N) is 1. The molecule has 1 fully saturated rings. The largest absolute Gasteiger partial charge is 0.323 e. The fourth-order valence-electron chi connectivity index (χ4n) is 2.04. The van der Waals surface area contributed by atoms with Gasteiger partial charge in [0.25, 0.3) is 0 Å². The number of carbonyl (C=O) groups excluding carboxylic acids is 1. The van der Waals surface area contributed by atoms with E-state index in [9.17, 15) is 4.79 Å². The standard InChI is InChI=1S/C13H14ClN3O/c14-11-4-1-5-12(7-11)16-13(18)17-6-2-3-10(8-15)9-17/h1,4-5,7,10H,2-3,6,9H2,(H,16,18). The summed E-state index contributed by atoms with van der Waals surface area (Å²) < 4.78 is 0. The van der Waals surface area contributed by atoms with Gasteiger partial charge in [0.2, 0.25) is 0 Å². The van der Waals surface area contributed by atoms with Gasteiger partial charge in [-0.1, -0.05) is 17.7 Å². The van der Waals surface area contributed by atoms with Crippen LogP contribution in [-0.4, -0.2) is 24.0 Å². The third-order valence-corrected chi connectivity index (χ3v) is 3.20.